The summed E-state index contributed by atoms with van der Waals surface area (Å²) in [5, 5.41) is 5.78. The SMILES string of the molecule is CCCCNC(=O)C1CCCN(CC(=O)Nc2cccc(S(=O)(=O)NC3=NCCCCC3)c2)C1. The third kappa shape index (κ3) is 8.09. The predicted octanol–water partition coefficient (Wildman–Crippen LogP) is 2.50. The summed E-state index contributed by atoms with van der Waals surface area (Å²) in [6.07, 6.45) is 7.22. The number of unbranched alkanes of at least 4 members (excludes halogenated alkanes) is 1. The first kappa shape index (κ1) is 26.2. The number of amides is 2. The summed E-state index contributed by atoms with van der Waals surface area (Å²) in [6.45, 7) is 4.87. The monoisotopic (exact) mass is 491 g/mol. The number of aliphatic imine (C=N–C) groups is 1. The van der Waals surface area contributed by atoms with Crippen LogP contribution in [0.4, 0.5) is 5.69 Å². The van der Waals surface area contributed by atoms with Crippen LogP contribution in [0.1, 0.15) is 58.3 Å². The fourth-order valence-electron chi connectivity index (χ4n) is 4.26. The molecule has 2 aliphatic rings. The number of likely N-dealkylation sites (tertiary alicyclic amines) is 1. The average Bonchev–Trinajstić information content (AvgIpc) is 3.07. The number of nitrogens with one attached hydrogen (secondary N) is 3. The molecule has 0 saturated carbocycles. The number of carbonyl (C=O) groups excluding carboxylic acids is 2. The first-order valence-electron chi connectivity index (χ1n) is 12.3. The van der Waals surface area contributed by atoms with Gasteiger partial charge >= 0.3 is 0 Å². The summed E-state index contributed by atoms with van der Waals surface area (Å²) in [7, 11) is -3.78. The highest BCUT2D eigenvalue weighted by Gasteiger charge is 2.26. The highest BCUT2D eigenvalue weighted by molar-refractivity contribution is 7.90. The van der Waals surface area contributed by atoms with Gasteiger partial charge in [-0.25, -0.2) is 8.42 Å². The van der Waals surface area contributed by atoms with E-state index in [1.54, 1.807) is 12.1 Å². The van der Waals surface area contributed by atoms with E-state index in [0.29, 0.717) is 37.6 Å². The molecule has 0 radical (unpaired) electrons. The number of carbonyl (C=O) groups is 2. The largest absolute Gasteiger partial charge is 0.356 e. The van der Waals surface area contributed by atoms with E-state index in [1.165, 1.54) is 12.1 Å². The number of rotatable bonds is 9. The molecule has 2 amide bonds. The zero-order valence-electron chi connectivity index (χ0n) is 20.0. The molecule has 34 heavy (non-hydrogen) atoms. The number of piperidine rings is 1. The molecule has 0 bridgehead atoms. The molecule has 1 fully saturated rings. The molecule has 1 saturated heterocycles. The standard InChI is InChI=1S/C24H37N5O4S/c1-2-3-13-26-24(31)19-9-8-15-29(17-19)18-23(30)27-20-10-7-11-21(16-20)34(32,33)28-22-12-5-4-6-14-25-22/h7,10-11,16,19H,2-6,8-9,12-15,17-18H2,1H3,(H,25,28)(H,26,31)(H,27,30). The van der Waals surface area contributed by atoms with Crippen molar-refractivity contribution >= 4 is 33.4 Å². The molecule has 3 N–H and O–H groups in total. The van der Waals surface area contributed by atoms with Crippen molar-refractivity contribution in [3.63, 3.8) is 0 Å². The molecule has 3 rings (SSSR count). The Bertz CT molecular complexity index is 979. The third-order valence-corrected chi connectivity index (χ3v) is 7.51. The Morgan fingerprint density at radius 2 is 2.03 bits per heavy atom. The molecule has 1 aromatic carbocycles. The summed E-state index contributed by atoms with van der Waals surface area (Å²) in [5.41, 5.74) is 0.418. The molecule has 9 nitrogen and oxygen atoms in total. The van der Waals surface area contributed by atoms with Crippen molar-refractivity contribution in [2.45, 2.75) is 63.2 Å². The van der Waals surface area contributed by atoms with Crippen LogP contribution in [-0.4, -0.2) is 63.7 Å². The van der Waals surface area contributed by atoms with Gasteiger partial charge in [-0.2, -0.15) is 0 Å². The van der Waals surface area contributed by atoms with E-state index in [1.807, 2.05) is 4.90 Å². The predicted molar refractivity (Wildman–Crippen MR) is 133 cm³/mol. The van der Waals surface area contributed by atoms with Crippen LogP contribution < -0.4 is 15.4 Å². The molecule has 1 atom stereocenters. The highest BCUT2D eigenvalue weighted by Crippen LogP contribution is 2.19. The quantitative estimate of drug-likeness (QED) is 0.459. The van der Waals surface area contributed by atoms with Gasteiger partial charge in [0.25, 0.3) is 10.0 Å². The van der Waals surface area contributed by atoms with Crippen LogP contribution in [0.5, 0.6) is 0 Å². The summed E-state index contributed by atoms with van der Waals surface area (Å²) < 4.78 is 28.2. The molecule has 1 unspecified atom stereocenters. The minimum absolute atomic E-state index is 0.0576. The van der Waals surface area contributed by atoms with Crippen LogP contribution in [-0.2, 0) is 19.6 Å². The zero-order chi connectivity index (χ0) is 24.4. The van der Waals surface area contributed by atoms with Crippen molar-refractivity contribution < 1.29 is 18.0 Å². The Morgan fingerprint density at radius 3 is 2.85 bits per heavy atom. The van der Waals surface area contributed by atoms with Gasteiger partial charge in [-0.3, -0.25) is 24.2 Å². The molecule has 0 aliphatic carbocycles. The molecule has 10 heteroatoms. The van der Waals surface area contributed by atoms with E-state index in [4.69, 9.17) is 0 Å². The van der Waals surface area contributed by atoms with Crippen molar-refractivity contribution in [2.75, 3.05) is 38.0 Å². The lowest BCUT2D eigenvalue weighted by atomic mass is 9.97. The first-order chi connectivity index (χ1) is 16.4. The Hall–Kier alpha value is -2.46. The van der Waals surface area contributed by atoms with Gasteiger partial charge in [-0.15, -0.1) is 0 Å². The Morgan fingerprint density at radius 1 is 1.18 bits per heavy atom. The number of anilines is 1. The summed E-state index contributed by atoms with van der Waals surface area (Å²) in [6, 6.07) is 6.23. The summed E-state index contributed by atoms with van der Waals surface area (Å²) in [5.74, 6) is 0.208. The maximum atomic E-state index is 12.8. The number of hydrogen-bond acceptors (Lipinski definition) is 6. The van der Waals surface area contributed by atoms with Gasteiger partial charge in [0, 0.05) is 31.7 Å². The van der Waals surface area contributed by atoms with E-state index >= 15 is 0 Å². The lowest BCUT2D eigenvalue weighted by molar-refractivity contribution is -0.127. The minimum atomic E-state index is -3.78. The van der Waals surface area contributed by atoms with Crippen LogP contribution in [0.3, 0.4) is 0 Å². The second kappa shape index (κ2) is 12.9. The molecular weight excluding hydrogens is 454 g/mol. The Labute approximate surface area is 202 Å². The Kier molecular flexibility index (Phi) is 9.88. The minimum Gasteiger partial charge on any atom is -0.356 e. The zero-order valence-corrected chi connectivity index (χ0v) is 20.8. The summed E-state index contributed by atoms with van der Waals surface area (Å²) >= 11 is 0. The lowest BCUT2D eigenvalue weighted by Gasteiger charge is -2.31. The fraction of sp³-hybridized carbons (Fsp3) is 0.625. The van der Waals surface area contributed by atoms with Gasteiger partial charge in [0.1, 0.15) is 5.84 Å². The van der Waals surface area contributed by atoms with Crippen LogP contribution >= 0.6 is 0 Å². The number of sulfonamides is 1. The molecule has 1 aromatic rings. The van der Waals surface area contributed by atoms with E-state index in [-0.39, 0.29) is 29.2 Å². The van der Waals surface area contributed by atoms with E-state index < -0.39 is 10.0 Å². The molecule has 0 aromatic heterocycles. The van der Waals surface area contributed by atoms with Gasteiger partial charge in [-0.1, -0.05) is 25.8 Å². The smallest absolute Gasteiger partial charge is 0.262 e. The second-order valence-electron chi connectivity index (χ2n) is 9.04. The van der Waals surface area contributed by atoms with E-state index in [9.17, 15) is 18.0 Å². The molecule has 2 heterocycles. The van der Waals surface area contributed by atoms with Crippen molar-refractivity contribution in [1.29, 1.82) is 0 Å². The van der Waals surface area contributed by atoms with Gasteiger partial charge in [0.05, 0.1) is 17.4 Å². The van der Waals surface area contributed by atoms with Crippen molar-refractivity contribution in [3.05, 3.63) is 24.3 Å². The first-order valence-corrected chi connectivity index (χ1v) is 13.8. The van der Waals surface area contributed by atoms with Gasteiger partial charge < -0.3 is 10.6 Å². The van der Waals surface area contributed by atoms with Crippen molar-refractivity contribution in [3.8, 4) is 0 Å². The number of hydrogen-bond donors (Lipinski definition) is 3. The number of benzene rings is 1. The van der Waals surface area contributed by atoms with E-state index in [0.717, 1.165) is 51.5 Å². The third-order valence-electron chi connectivity index (χ3n) is 6.13. The van der Waals surface area contributed by atoms with Crippen LogP contribution in [0.25, 0.3) is 0 Å². The van der Waals surface area contributed by atoms with Crippen LogP contribution in [0, 0.1) is 5.92 Å². The number of nitrogens with zero attached hydrogens (tertiary/aromatic N) is 2. The average molecular weight is 492 g/mol. The maximum absolute atomic E-state index is 12.8. The van der Waals surface area contributed by atoms with Crippen LogP contribution in [0.15, 0.2) is 34.2 Å². The molecule has 188 valence electrons. The van der Waals surface area contributed by atoms with Crippen molar-refractivity contribution in [1.82, 2.24) is 14.9 Å². The highest BCUT2D eigenvalue weighted by atomic mass is 32.2. The van der Waals surface area contributed by atoms with Crippen molar-refractivity contribution in [2.24, 2.45) is 10.9 Å². The number of amidine groups is 1. The van der Waals surface area contributed by atoms with Gasteiger partial charge in [-0.05, 0) is 56.8 Å². The topological polar surface area (TPSA) is 120 Å². The Balaban J connectivity index is 1.54. The molecular formula is C24H37N5O4S. The second-order valence-corrected chi connectivity index (χ2v) is 10.7. The van der Waals surface area contributed by atoms with Crippen LogP contribution in [0.2, 0.25) is 0 Å². The lowest BCUT2D eigenvalue weighted by Crippen LogP contribution is -2.45. The summed E-state index contributed by atoms with van der Waals surface area (Å²) in [4.78, 5) is 31.4. The van der Waals surface area contributed by atoms with Gasteiger partial charge in [0.2, 0.25) is 11.8 Å². The van der Waals surface area contributed by atoms with Gasteiger partial charge in [0.15, 0.2) is 0 Å². The maximum Gasteiger partial charge on any atom is 0.262 e. The molecule has 0 spiro atoms. The molecule has 2 aliphatic heterocycles. The van der Waals surface area contributed by atoms with E-state index in [2.05, 4.69) is 27.3 Å². The fourth-order valence-corrected chi connectivity index (χ4v) is 5.40. The normalized spacial score (nSPS) is 19.6.